The summed E-state index contributed by atoms with van der Waals surface area (Å²) in [6, 6.07) is 11.7. The Morgan fingerprint density at radius 2 is 1.92 bits per heavy atom. The van der Waals surface area contributed by atoms with E-state index in [2.05, 4.69) is 5.32 Å². The number of methoxy groups -OCH3 is 1. The third-order valence-electron chi connectivity index (χ3n) is 3.34. The van der Waals surface area contributed by atoms with Crippen LogP contribution < -0.4 is 10.1 Å². The predicted octanol–water partition coefficient (Wildman–Crippen LogP) is 4.03. The van der Waals surface area contributed by atoms with Crippen molar-refractivity contribution in [3.63, 3.8) is 0 Å². The first kappa shape index (κ1) is 17.8. The third-order valence-corrected chi connectivity index (χ3v) is 4.45. The average Bonchev–Trinajstić information content (AvgIpc) is 2.55. The molecule has 0 bridgehead atoms. The highest BCUT2D eigenvalue weighted by atomic mass is 32.2. The molecule has 2 aromatic carbocycles. The van der Waals surface area contributed by atoms with Crippen molar-refractivity contribution in [2.45, 2.75) is 24.0 Å². The Morgan fingerprint density at radius 1 is 1.25 bits per heavy atom. The summed E-state index contributed by atoms with van der Waals surface area (Å²) >= 11 is 1.33. The van der Waals surface area contributed by atoms with Crippen LogP contribution in [-0.4, -0.2) is 23.2 Å². The molecule has 0 saturated heterocycles. The van der Waals surface area contributed by atoms with Gasteiger partial charge >= 0.3 is 0 Å². The van der Waals surface area contributed by atoms with Crippen molar-refractivity contribution in [2.75, 3.05) is 12.4 Å². The molecule has 0 aliphatic carbocycles. The van der Waals surface area contributed by atoms with Gasteiger partial charge in [0.1, 0.15) is 5.75 Å². The monoisotopic (exact) mass is 346 g/mol. The molecule has 0 fully saturated rings. The smallest absolute Gasteiger partial charge is 0.269 e. The molecule has 2 rings (SSSR count). The first-order valence-electron chi connectivity index (χ1n) is 7.27. The second kappa shape index (κ2) is 7.83. The number of anilines is 1. The number of nitro groups is 1. The van der Waals surface area contributed by atoms with E-state index in [1.54, 1.807) is 32.2 Å². The summed E-state index contributed by atoms with van der Waals surface area (Å²) in [4.78, 5) is 23.4. The number of hydrogen-bond donors (Lipinski definition) is 1. The first-order chi connectivity index (χ1) is 11.4. The topological polar surface area (TPSA) is 81.5 Å². The number of ether oxygens (including phenoxy) is 1. The van der Waals surface area contributed by atoms with Crippen molar-refractivity contribution in [2.24, 2.45) is 0 Å². The highest BCUT2D eigenvalue weighted by Crippen LogP contribution is 2.29. The maximum Gasteiger partial charge on any atom is 0.269 e. The van der Waals surface area contributed by atoms with Crippen LogP contribution in [0.2, 0.25) is 0 Å². The van der Waals surface area contributed by atoms with Crippen molar-refractivity contribution in [1.82, 2.24) is 0 Å². The molecule has 0 heterocycles. The lowest BCUT2D eigenvalue weighted by molar-refractivity contribution is -0.384. The normalized spacial score (nSPS) is 11.6. The Morgan fingerprint density at radius 3 is 2.50 bits per heavy atom. The molecule has 2 aromatic rings. The van der Waals surface area contributed by atoms with Crippen molar-refractivity contribution in [3.8, 4) is 5.75 Å². The molecule has 1 N–H and O–H groups in total. The second-order valence-corrected chi connectivity index (χ2v) is 6.62. The van der Waals surface area contributed by atoms with Crippen LogP contribution in [0.1, 0.15) is 12.5 Å². The molecule has 0 radical (unpaired) electrons. The lowest BCUT2D eigenvalue weighted by atomic mass is 10.2. The third kappa shape index (κ3) is 4.48. The number of rotatable bonds is 6. The van der Waals surface area contributed by atoms with E-state index in [-0.39, 0.29) is 16.8 Å². The second-order valence-electron chi connectivity index (χ2n) is 5.20. The Hall–Kier alpha value is -2.54. The molecule has 24 heavy (non-hydrogen) atoms. The van der Waals surface area contributed by atoms with Gasteiger partial charge in [0.2, 0.25) is 5.91 Å². The van der Waals surface area contributed by atoms with Gasteiger partial charge in [0.25, 0.3) is 5.69 Å². The van der Waals surface area contributed by atoms with Crippen molar-refractivity contribution in [1.29, 1.82) is 0 Å². The number of non-ortho nitro benzene ring substituents is 1. The molecular formula is C17H18N2O4S. The molecule has 7 heteroatoms. The Bertz CT molecular complexity index is 747. The fourth-order valence-corrected chi connectivity index (χ4v) is 2.93. The van der Waals surface area contributed by atoms with E-state index in [4.69, 9.17) is 4.74 Å². The van der Waals surface area contributed by atoms with E-state index in [1.807, 2.05) is 19.1 Å². The number of nitrogens with one attached hydrogen (secondary N) is 1. The van der Waals surface area contributed by atoms with Crippen molar-refractivity contribution >= 4 is 29.0 Å². The number of carbonyl (C=O) groups excluding carboxylic acids is 1. The van der Waals surface area contributed by atoms with Gasteiger partial charge in [-0.15, -0.1) is 11.8 Å². The van der Waals surface area contributed by atoms with Gasteiger partial charge in [-0.05, 0) is 43.7 Å². The highest BCUT2D eigenvalue weighted by molar-refractivity contribution is 8.00. The van der Waals surface area contributed by atoms with Crippen molar-refractivity contribution in [3.05, 3.63) is 58.1 Å². The minimum absolute atomic E-state index is 0.0287. The molecule has 6 nitrogen and oxygen atoms in total. The van der Waals surface area contributed by atoms with Crippen molar-refractivity contribution < 1.29 is 14.5 Å². The van der Waals surface area contributed by atoms with Crippen LogP contribution in [0.5, 0.6) is 5.75 Å². The van der Waals surface area contributed by atoms with E-state index >= 15 is 0 Å². The van der Waals surface area contributed by atoms with Crippen LogP contribution >= 0.6 is 11.8 Å². The lowest BCUT2D eigenvalue weighted by Gasteiger charge is -2.14. The van der Waals surface area contributed by atoms with Gasteiger partial charge in [-0.3, -0.25) is 14.9 Å². The number of nitro benzene ring substituents is 1. The summed E-state index contributed by atoms with van der Waals surface area (Å²) in [7, 11) is 1.55. The Balaban J connectivity index is 2.04. The quantitative estimate of drug-likeness (QED) is 0.485. The van der Waals surface area contributed by atoms with Crippen LogP contribution in [0.3, 0.4) is 0 Å². The molecule has 0 aliphatic heterocycles. The zero-order valence-electron chi connectivity index (χ0n) is 13.6. The minimum atomic E-state index is -0.450. The Kier molecular flexibility index (Phi) is 5.81. The minimum Gasteiger partial charge on any atom is -0.495 e. The van der Waals surface area contributed by atoms with Crippen LogP contribution in [0, 0.1) is 17.0 Å². The summed E-state index contributed by atoms with van der Waals surface area (Å²) in [6.07, 6.45) is 0. The van der Waals surface area contributed by atoms with Crippen LogP contribution in [0.25, 0.3) is 0 Å². The van der Waals surface area contributed by atoms with Gasteiger partial charge in [0.05, 0.1) is 23.0 Å². The molecular weight excluding hydrogens is 328 g/mol. The van der Waals surface area contributed by atoms with Crippen LogP contribution in [0.15, 0.2) is 47.4 Å². The number of thioether (sulfide) groups is 1. The van der Waals surface area contributed by atoms with Crippen LogP contribution in [0.4, 0.5) is 11.4 Å². The fraction of sp³-hybridized carbons (Fsp3) is 0.235. The van der Waals surface area contributed by atoms with E-state index in [1.165, 1.54) is 23.9 Å². The number of aryl methyl sites for hydroxylation is 1. The lowest BCUT2D eigenvalue weighted by Crippen LogP contribution is -2.22. The SMILES string of the molecule is COc1ccc(C)cc1NC(=O)[C@H](C)Sc1ccc([N+](=O)[O-])cc1. The standard InChI is InChI=1S/C17H18N2O4S/c1-11-4-9-16(23-3)15(10-11)18-17(20)12(2)24-14-7-5-13(6-8-14)19(21)22/h4-10,12H,1-3H3,(H,18,20)/t12-/m0/s1. The number of amides is 1. The van der Waals surface area contributed by atoms with Gasteiger partial charge in [-0.2, -0.15) is 0 Å². The molecule has 0 unspecified atom stereocenters. The summed E-state index contributed by atoms with van der Waals surface area (Å²) in [5.41, 5.74) is 1.67. The first-order valence-corrected chi connectivity index (χ1v) is 8.15. The van der Waals surface area contributed by atoms with Gasteiger partial charge < -0.3 is 10.1 Å². The fourth-order valence-electron chi connectivity index (χ4n) is 2.06. The molecule has 0 spiro atoms. The summed E-state index contributed by atoms with van der Waals surface area (Å²) in [6.45, 7) is 3.72. The predicted molar refractivity (Wildman–Crippen MR) is 94.8 cm³/mol. The Labute approximate surface area is 144 Å². The zero-order chi connectivity index (χ0) is 17.7. The van der Waals surface area contributed by atoms with Gasteiger partial charge in [-0.1, -0.05) is 6.07 Å². The molecule has 0 aromatic heterocycles. The van der Waals surface area contributed by atoms with E-state index in [9.17, 15) is 14.9 Å². The van der Waals surface area contributed by atoms with Gasteiger partial charge in [-0.25, -0.2) is 0 Å². The highest BCUT2D eigenvalue weighted by Gasteiger charge is 2.17. The van der Waals surface area contributed by atoms with E-state index in [0.717, 1.165) is 10.5 Å². The summed E-state index contributed by atoms with van der Waals surface area (Å²) < 4.78 is 5.25. The molecule has 1 amide bonds. The van der Waals surface area contributed by atoms with E-state index < -0.39 is 4.92 Å². The summed E-state index contributed by atoms with van der Waals surface area (Å²) in [5.74, 6) is 0.434. The largest absolute Gasteiger partial charge is 0.495 e. The molecule has 1 atom stereocenters. The van der Waals surface area contributed by atoms with E-state index in [0.29, 0.717) is 11.4 Å². The van der Waals surface area contributed by atoms with Crippen LogP contribution in [-0.2, 0) is 4.79 Å². The number of benzene rings is 2. The maximum atomic E-state index is 12.4. The number of nitrogens with zero attached hydrogens (tertiary/aromatic N) is 1. The maximum absolute atomic E-state index is 12.4. The zero-order valence-corrected chi connectivity index (χ0v) is 14.4. The molecule has 0 saturated carbocycles. The van der Waals surface area contributed by atoms with Gasteiger partial charge in [0.15, 0.2) is 0 Å². The van der Waals surface area contributed by atoms with Gasteiger partial charge in [0, 0.05) is 17.0 Å². The molecule has 0 aliphatic rings. The molecule has 126 valence electrons. The number of hydrogen-bond acceptors (Lipinski definition) is 5. The number of carbonyl (C=O) groups is 1. The summed E-state index contributed by atoms with van der Waals surface area (Å²) in [5, 5.41) is 13.2. The average molecular weight is 346 g/mol.